The standard InChI is InChI=1S/C9H10Cl2N2O2/c10-6-3-1-2-5(8(6)11)7(4-12)15-9(13)14/h1-3,7H,4,12H2,(H2,13,14)/t7-/m1/s1. The van der Waals surface area contributed by atoms with Gasteiger partial charge in [-0.3, -0.25) is 0 Å². The first kappa shape index (κ1) is 12.1. The van der Waals surface area contributed by atoms with Crippen molar-refractivity contribution in [1.82, 2.24) is 0 Å². The number of nitrogens with two attached hydrogens (primary N) is 2. The van der Waals surface area contributed by atoms with E-state index in [1.165, 1.54) is 0 Å². The van der Waals surface area contributed by atoms with Crippen LogP contribution >= 0.6 is 23.2 Å². The van der Waals surface area contributed by atoms with Gasteiger partial charge in [0.15, 0.2) is 0 Å². The van der Waals surface area contributed by atoms with E-state index >= 15 is 0 Å². The molecule has 0 saturated carbocycles. The Morgan fingerprint density at radius 3 is 2.67 bits per heavy atom. The topological polar surface area (TPSA) is 78.3 Å². The highest BCUT2D eigenvalue weighted by atomic mass is 35.5. The molecule has 0 spiro atoms. The normalized spacial score (nSPS) is 12.2. The van der Waals surface area contributed by atoms with Crippen LogP contribution in [0.3, 0.4) is 0 Å². The molecule has 0 radical (unpaired) electrons. The SMILES string of the molecule is NC[C@@H](OC(N)=O)c1cccc(Cl)c1Cl. The molecule has 4 nitrogen and oxygen atoms in total. The van der Waals surface area contributed by atoms with Crippen molar-refractivity contribution in [3.05, 3.63) is 33.8 Å². The minimum Gasteiger partial charge on any atom is -0.440 e. The average molecular weight is 249 g/mol. The maximum Gasteiger partial charge on any atom is 0.405 e. The van der Waals surface area contributed by atoms with E-state index in [4.69, 9.17) is 39.4 Å². The largest absolute Gasteiger partial charge is 0.440 e. The summed E-state index contributed by atoms with van der Waals surface area (Å²) in [6.07, 6.45) is -1.57. The summed E-state index contributed by atoms with van der Waals surface area (Å²) in [7, 11) is 0. The van der Waals surface area contributed by atoms with Crippen molar-refractivity contribution in [2.24, 2.45) is 11.5 Å². The molecule has 0 bridgehead atoms. The summed E-state index contributed by atoms with van der Waals surface area (Å²) in [5.41, 5.74) is 10.9. The van der Waals surface area contributed by atoms with Crippen LogP contribution in [0.5, 0.6) is 0 Å². The molecule has 1 atom stereocenters. The van der Waals surface area contributed by atoms with Gasteiger partial charge in [0, 0.05) is 12.1 Å². The Kier molecular flexibility index (Phi) is 4.20. The van der Waals surface area contributed by atoms with Crippen LogP contribution in [0.1, 0.15) is 11.7 Å². The number of primary amides is 1. The Labute approximate surface area is 97.1 Å². The van der Waals surface area contributed by atoms with Crippen LogP contribution in [-0.4, -0.2) is 12.6 Å². The molecule has 15 heavy (non-hydrogen) atoms. The molecule has 0 saturated heterocycles. The molecule has 0 aromatic heterocycles. The molecule has 0 aliphatic rings. The lowest BCUT2D eigenvalue weighted by Crippen LogP contribution is -2.23. The summed E-state index contributed by atoms with van der Waals surface area (Å²) in [6.45, 7) is 0.0863. The fraction of sp³-hybridized carbons (Fsp3) is 0.222. The fourth-order valence-corrected chi connectivity index (χ4v) is 1.58. The van der Waals surface area contributed by atoms with Crippen molar-refractivity contribution in [1.29, 1.82) is 0 Å². The van der Waals surface area contributed by atoms with Gasteiger partial charge in [-0.2, -0.15) is 0 Å². The van der Waals surface area contributed by atoms with E-state index in [2.05, 4.69) is 0 Å². The summed E-state index contributed by atoms with van der Waals surface area (Å²) in [6, 6.07) is 5.00. The average Bonchev–Trinajstić information content (AvgIpc) is 2.19. The van der Waals surface area contributed by atoms with Crippen LogP contribution in [-0.2, 0) is 4.74 Å². The zero-order valence-corrected chi connectivity index (χ0v) is 9.26. The number of ether oxygens (including phenoxy) is 1. The summed E-state index contributed by atoms with van der Waals surface area (Å²) in [4.78, 5) is 10.6. The van der Waals surface area contributed by atoms with Crippen molar-refractivity contribution in [2.45, 2.75) is 6.10 Å². The molecule has 0 aliphatic carbocycles. The predicted molar refractivity (Wildman–Crippen MR) is 58.9 cm³/mol. The van der Waals surface area contributed by atoms with E-state index in [1.54, 1.807) is 18.2 Å². The monoisotopic (exact) mass is 248 g/mol. The number of amides is 1. The third-order valence-corrected chi connectivity index (χ3v) is 2.63. The van der Waals surface area contributed by atoms with Gasteiger partial charge in [-0.05, 0) is 6.07 Å². The highest BCUT2D eigenvalue weighted by Gasteiger charge is 2.17. The van der Waals surface area contributed by atoms with Gasteiger partial charge in [0.05, 0.1) is 10.0 Å². The van der Waals surface area contributed by atoms with Crippen LogP contribution in [0.4, 0.5) is 4.79 Å². The number of benzene rings is 1. The summed E-state index contributed by atoms with van der Waals surface area (Å²) in [5.74, 6) is 0. The minimum atomic E-state index is -0.901. The van der Waals surface area contributed by atoms with Crippen molar-refractivity contribution in [3.8, 4) is 0 Å². The van der Waals surface area contributed by atoms with Crippen molar-refractivity contribution < 1.29 is 9.53 Å². The number of rotatable bonds is 3. The minimum absolute atomic E-state index is 0.0863. The smallest absolute Gasteiger partial charge is 0.405 e. The molecule has 0 fully saturated rings. The van der Waals surface area contributed by atoms with Gasteiger partial charge in [0.2, 0.25) is 0 Å². The van der Waals surface area contributed by atoms with E-state index in [1.807, 2.05) is 0 Å². The molecule has 0 aliphatic heterocycles. The number of hydrogen-bond acceptors (Lipinski definition) is 3. The van der Waals surface area contributed by atoms with Gasteiger partial charge in [-0.25, -0.2) is 4.79 Å². The predicted octanol–water partition coefficient (Wildman–Crippen LogP) is 2.09. The maximum absolute atomic E-state index is 10.6. The lowest BCUT2D eigenvalue weighted by atomic mass is 10.1. The number of hydrogen-bond donors (Lipinski definition) is 2. The number of carbonyl (C=O) groups excluding carboxylic acids is 1. The third-order valence-electron chi connectivity index (χ3n) is 1.80. The molecular formula is C9H10Cl2N2O2. The quantitative estimate of drug-likeness (QED) is 0.860. The molecule has 1 amide bonds. The second-order valence-electron chi connectivity index (χ2n) is 2.80. The van der Waals surface area contributed by atoms with Crippen LogP contribution < -0.4 is 11.5 Å². The molecule has 0 heterocycles. The van der Waals surface area contributed by atoms with E-state index in [9.17, 15) is 4.79 Å². The summed E-state index contributed by atoms with van der Waals surface area (Å²) < 4.78 is 4.79. The zero-order chi connectivity index (χ0) is 11.4. The molecule has 4 N–H and O–H groups in total. The van der Waals surface area contributed by atoms with Gasteiger partial charge in [-0.15, -0.1) is 0 Å². The van der Waals surface area contributed by atoms with E-state index in [0.29, 0.717) is 15.6 Å². The molecule has 6 heteroatoms. The number of carbonyl (C=O) groups is 1. The van der Waals surface area contributed by atoms with Crippen molar-refractivity contribution >= 4 is 29.3 Å². The van der Waals surface area contributed by atoms with E-state index < -0.39 is 12.2 Å². The number of halogens is 2. The Morgan fingerprint density at radius 2 is 2.13 bits per heavy atom. The Balaban J connectivity index is 3.01. The highest BCUT2D eigenvalue weighted by molar-refractivity contribution is 6.42. The molecule has 82 valence electrons. The lowest BCUT2D eigenvalue weighted by Gasteiger charge is -2.16. The molecule has 0 unspecified atom stereocenters. The Morgan fingerprint density at radius 1 is 1.47 bits per heavy atom. The van der Waals surface area contributed by atoms with Gasteiger partial charge < -0.3 is 16.2 Å². The maximum atomic E-state index is 10.6. The molecular weight excluding hydrogens is 239 g/mol. The first-order chi connectivity index (χ1) is 7.06. The van der Waals surface area contributed by atoms with Gasteiger partial charge in [-0.1, -0.05) is 35.3 Å². The van der Waals surface area contributed by atoms with Crippen LogP contribution in [0.15, 0.2) is 18.2 Å². The van der Waals surface area contributed by atoms with Crippen LogP contribution in [0, 0.1) is 0 Å². The molecule has 1 rings (SSSR count). The van der Waals surface area contributed by atoms with Crippen molar-refractivity contribution in [3.63, 3.8) is 0 Å². The molecule has 1 aromatic rings. The fourth-order valence-electron chi connectivity index (χ4n) is 1.15. The van der Waals surface area contributed by atoms with Crippen LogP contribution in [0.25, 0.3) is 0 Å². The Hall–Kier alpha value is -0.970. The van der Waals surface area contributed by atoms with Crippen molar-refractivity contribution in [2.75, 3.05) is 6.54 Å². The van der Waals surface area contributed by atoms with Crippen LogP contribution in [0.2, 0.25) is 10.0 Å². The van der Waals surface area contributed by atoms with Gasteiger partial charge >= 0.3 is 6.09 Å². The summed E-state index contributed by atoms with van der Waals surface area (Å²) in [5, 5.41) is 0.691. The van der Waals surface area contributed by atoms with Gasteiger partial charge in [0.25, 0.3) is 0 Å². The Bertz CT molecular complexity index is 371. The molecule has 1 aromatic carbocycles. The van der Waals surface area contributed by atoms with E-state index in [0.717, 1.165) is 0 Å². The first-order valence-corrected chi connectivity index (χ1v) is 4.92. The lowest BCUT2D eigenvalue weighted by molar-refractivity contribution is 0.111. The second-order valence-corrected chi connectivity index (χ2v) is 3.59. The van der Waals surface area contributed by atoms with E-state index in [-0.39, 0.29) is 6.54 Å². The second kappa shape index (κ2) is 5.21. The summed E-state index contributed by atoms with van der Waals surface area (Å²) >= 11 is 11.7. The third kappa shape index (κ3) is 2.99. The van der Waals surface area contributed by atoms with Gasteiger partial charge in [0.1, 0.15) is 6.10 Å². The highest BCUT2D eigenvalue weighted by Crippen LogP contribution is 2.31. The zero-order valence-electron chi connectivity index (χ0n) is 7.74. The first-order valence-electron chi connectivity index (χ1n) is 4.16.